The zero-order chi connectivity index (χ0) is 20.8. The Morgan fingerprint density at radius 1 is 0.839 bits per heavy atom. The van der Waals surface area contributed by atoms with E-state index in [1.165, 1.54) is 16.3 Å². The molecule has 2 heterocycles. The fraction of sp³-hybridized carbons (Fsp3) is 0.148. The SMILES string of the molecule is COc1ccccc1C1Oc2ccccc2C2CC(c3ccc4ccccc4c3)=NN21. The second-order valence-electron chi connectivity index (χ2n) is 7.96. The molecule has 31 heavy (non-hydrogen) atoms. The van der Waals surface area contributed by atoms with E-state index in [1.54, 1.807) is 7.11 Å². The van der Waals surface area contributed by atoms with Gasteiger partial charge in [0.1, 0.15) is 11.5 Å². The number of para-hydroxylation sites is 2. The van der Waals surface area contributed by atoms with E-state index in [2.05, 4.69) is 65.7 Å². The average molecular weight is 406 g/mol. The van der Waals surface area contributed by atoms with Crippen LogP contribution in [0.4, 0.5) is 0 Å². The van der Waals surface area contributed by atoms with Crippen LogP contribution in [0.5, 0.6) is 11.5 Å². The van der Waals surface area contributed by atoms with Crippen molar-refractivity contribution >= 4 is 16.5 Å². The second kappa shape index (κ2) is 7.17. The predicted molar refractivity (Wildman–Crippen MR) is 122 cm³/mol. The van der Waals surface area contributed by atoms with Gasteiger partial charge in [-0.05, 0) is 40.6 Å². The number of ether oxygens (including phenoxy) is 2. The summed E-state index contributed by atoms with van der Waals surface area (Å²) in [4.78, 5) is 0. The summed E-state index contributed by atoms with van der Waals surface area (Å²) in [6, 6.07) is 31.4. The lowest BCUT2D eigenvalue weighted by molar-refractivity contribution is -0.0203. The van der Waals surface area contributed by atoms with Gasteiger partial charge in [-0.3, -0.25) is 0 Å². The topological polar surface area (TPSA) is 34.1 Å². The van der Waals surface area contributed by atoms with Gasteiger partial charge < -0.3 is 9.47 Å². The van der Waals surface area contributed by atoms with Crippen molar-refractivity contribution in [2.24, 2.45) is 5.10 Å². The minimum absolute atomic E-state index is 0.126. The van der Waals surface area contributed by atoms with E-state index < -0.39 is 0 Å². The molecule has 0 saturated carbocycles. The lowest BCUT2D eigenvalue weighted by Gasteiger charge is -2.38. The molecule has 2 aliphatic rings. The van der Waals surface area contributed by atoms with Crippen LogP contribution in [0.3, 0.4) is 0 Å². The van der Waals surface area contributed by atoms with Crippen molar-refractivity contribution in [2.75, 3.05) is 7.11 Å². The number of hydrogen-bond donors (Lipinski definition) is 0. The normalized spacial score (nSPS) is 19.4. The van der Waals surface area contributed by atoms with Gasteiger partial charge in [0, 0.05) is 12.0 Å². The van der Waals surface area contributed by atoms with Gasteiger partial charge in [0.25, 0.3) is 0 Å². The molecule has 0 aliphatic carbocycles. The fourth-order valence-electron chi connectivity index (χ4n) is 4.65. The van der Waals surface area contributed by atoms with Gasteiger partial charge in [-0.2, -0.15) is 5.10 Å². The first-order valence-corrected chi connectivity index (χ1v) is 10.6. The molecule has 0 fully saturated rings. The summed E-state index contributed by atoms with van der Waals surface area (Å²) < 4.78 is 12.1. The molecular formula is C27H22N2O2. The first-order chi connectivity index (χ1) is 15.3. The Labute approximate surface area is 181 Å². The molecule has 6 rings (SSSR count). The third-order valence-electron chi connectivity index (χ3n) is 6.19. The van der Waals surface area contributed by atoms with Crippen molar-refractivity contribution in [1.29, 1.82) is 0 Å². The molecule has 152 valence electrons. The number of fused-ring (bicyclic) bond motifs is 4. The van der Waals surface area contributed by atoms with E-state index in [1.807, 2.05) is 30.3 Å². The number of nitrogens with zero attached hydrogens (tertiary/aromatic N) is 2. The molecule has 0 amide bonds. The van der Waals surface area contributed by atoms with Crippen LogP contribution in [0.1, 0.15) is 35.4 Å². The molecule has 4 aromatic carbocycles. The van der Waals surface area contributed by atoms with E-state index in [9.17, 15) is 0 Å². The van der Waals surface area contributed by atoms with Crippen LogP contribution in [-0.2, 0) is 0 Å². The quantitative estimate of drug-likeness (QED) is 0.413. The highest BCUT2D eigenvalue weighted by molar-refractivity contribution is 6.04. The lowest BCUT2D eigenvalue weighted by atomic mass is 9.95. The minimum atomic E-state index is -0.339. The largest absolute Gasteiger partial charge is 0.496 e. The Morgan fingerprint density at radius 3 is 2.45 bits per heavy atom. The van der Waals surface area contributed by atoms with Crippen molar-refractivity contribution in [3.63, 3.8) is 0 Å². The van der Waals surface area contributed by atoms with E-state index in [0.717, 1.165) is 34.8 Å². The van der Waals surface area contributed by atoms with Crippen LogP contribution in [0, 0.1) is 0 Å². The average Bonchev–Trinajstić information content (AvgIpc) is 3.29. The maximum Gasteiger partial charge on any atom is 0.217 e. The van der Waals surface area contributed by atoms with Crippen LogP contribution in [0.2, 0.25) is 0 Å². The van der Waals surface area contributed by atoms with Crippen molar-refractivity contribution in [3.05, 3.63) is 108 Å². The van der Waals surface area contributed by atoms with Crippen LogP contribution < -0.4 is 9.47 Å². The molecule has 2 aliphatic heterocycles. The van der Waals surface area contributed by atoms with Gasteiger partial charge in [0.15, 0.2) is 0 Å². The molecule has 0 N–H and O–H groups in total. The molecule has 2 unspecified atom stereocenters. The number of hydrogen-bond acceptors (Lipinski definition) is 4. The molecule has 4 nitrogen and oxygen atoms in total. The standard InChI is InChI=1S/C27H22N2O2/c1-30-25-12-6-5-11-22(25)27-29-24(21-10-4-7-13-26(21)31-27)17-23(28-29)20-15-14-18-8-2-3-9-19(18)16-20/h2-16,24,27H,17H2,1H3. The van der Waals surface area contributed by atoms with Crippen LogP contribution in [0.15, 0.2) is 96.1 Å². The van der Waals surface area contributed by atoms with Gasteiger partial charge in [-0.25, -0.2) is 5.01 Å². The molecule has 0 spiro atoms. The smallest absolute Gasteiger partial charge is 0.217 e. The zero-order valence-corrected chi connectivity index (χ0v) is 17.2. The van der Waals surface area contributed by atoms with E-state index in [4.69, 9.17) is 14.6 Å². The summed E-state index contributed by atoms with van der Waals surface area (Å²) in [5, 5.41) is 9.66. The van der Waals surface area contributed by atoms with Gasteiger partial charge in [-0.15, -0.1) is 0 Å². The van der Waals surface area contributed by atoms with Gasteiger partial charge in [0.2, 0.25) is 6.23 Å². The third-order valence-corrected chi connectivity index (χ3v) is 6.19. The van der Waals surface area contributed by atoms with Gasteiger partial charge in [-0.1, -0.05) is 66.7 Å². The number of methoxy groups -OCH3 is 1. The van der Waals surface area contributed by atoms with Crippen molar-refractivity contribution in [1.82, 2.24) is 5.01 Å². The number of benzene rings is 4. The molecule has 0 bridgehead atoms. The minimum Gasteiger partial charge on any atom is -0.496 e. The van der Waals surface area contributed by atoms with Crippen molar-refractivity contribution in [2.45, 2.75) is 18.7 Å². The Balaban J connectivity index is 1.46. The molecule has 4 aromatic rings. The Kier molecular flexibility index (Phi) is 4.17. The third kappa shape index (κ3) is 2.95. The summed E-state index contributed by atoms with van der Waals surface area (Å²) in [5.74, 6) is 1.72. The highest BCUT2D eigenvalue weighted by Crippen LogP contribution is 2.48. The second-order valence-corrected chi connectivity index (χ2v) is 7.96. The van der Waals surface area contributed by atoms with E-state index in [0.29, 0.717) is 0 Å². The molecule has 0 radical (unpaired) electrons. The highest BCUT2D eigenvalue weighted by atomic mass is 16.5. The van der Waals surface area contributed by atoms with Crippen LogP contribution in [-0.4, -0.2) is 17.8 Å². The fourth-order valence-corrected chi connectivity index (χ4v) is 4.65. The van der Waals surface area contributed by atoms with Gasteiger partial charge >= 0.3 is 0 Å². The van der Waals surface area contributed by atoms with Crippen molar-refractivity contribution in [3.8, 4) is 11.5 Å². The zero-order valence-electron chi connectivity index (χ0n) is 17.2. The summed E-state index contributed by atoms with van der Waals surface area (Å²) in [6.07, 6.45) is 0.499. The number of rotatable bonds is 3. The first-order valence-electron chi connectivity index (χ1n) is 10.6. The van der Waals surface area contributed by atoms with Crippen molar-refractivity contribution < 1.29 is 9.47 Å². The summed E-state index contributed by atoms with van der Waals surface area (Å²) >= 11 is 0. The first kappa shape index (κ1) is 18.0. The molecule has 0 aromatic heterocycles. The summed E-state index contributed by atoms with van der Waals surface area (Å²) in [6.45, 7) is 0. The maximum absolute atomic E-state index is 6.47. The Hall–Kier alpha value is -3.79. The number of hydrazone groups is 1. The monoisotopic (exact) mass is 406 g/mol. The predicted octanol–water partition coefficient (Wildman–Crippen LogP) is 6.09. The Morgan fingerprint density at radius 2 is 1.58 bits per heavy atom. The Bertz CT molecular complexity index is 1310. The maximum atomic E-state index is 6.47. The van der Waals surface area contributed by atoms with E-state index >= 15 is 0 Å². The molecular weight excluding hydrogens is 384 g/mol. The van der Waals surface area contributed by atoms with Crippen LogP contribution in [0.25, 0.3) is 10.8 Å². The summed E-state index contributed by atoms with van der Waals surface area (Å²) in [5.41, 5.74) is 4.39. The highest BCUT2D eigenvalue weighted by Gasteiger charge is 2.41. The van der Waals surface area contributed by atoms with Gasteiger partial charge in [0.05, 0.1) is 24.4 Å². The lowest BCUT2D eigenvalue weighted by Crippen LogP contribution is -2.33. The molecule has 4 heteroatoms. The molecule has 0 saturated heterocycles. The van der Waals surface area contributed by atoms with Crippen LogP contribution >= 0.6 is 0 Å². The molecule has 2 atom stereocenters. The van der Waals surface area contributed by atoms with E-state index in [-0.39, 0.29) is 12.3 Å². The summed E-state index contributed by atoms with van der Waals surface area (Å²) in [7, 11) is 1.70.